The van der Waals surface area contributed by atoms with Gasteiger partial charge in [-0.05, 0) is 165 Å². The Morgan fingerprint density at radius 3 is 1.78 bits per heavy atom. The average Bonchev–Trinajstić information content (AvgIpc) is 3.66. The van der Waals surface area contributed by atoms with Crippen LogP contribution in [0.2, 0.25) is 0 Å². The molecule has 5 aliphatic rings. The Kier molecular flexibility index (Phi) is 12.5. The summed E-state index contributed by atoms with van der Waals surface area (Å²) in [6.45, 7) is 24.9. The van der Waals surface area contributed by atoms with Crippen molar-refractivity contribution in [2.45, 2.75) is 113 Å². The summed E-state index contributed by atoms with van der Waals surface area (Å²) < 4.78 is 18.6. The van der Waals surface area contributed by atoms with E-state index in [4.69, 9.17) is 14.2 Å². The van der Waals surface area contributed by atoms with E-state index in [1.54, 1.807) is 0 Å². The third kappa shape index (κ3) is 7.10. The monoisotopic (exact) mass is 832 g/mol. The molecule has 0 spiro atoms. The van der Waals surface area contributed by atoms with Gasteiger partial charge in [0, 0.05) is 0 Å². The van der Waals surface area contributed by atoms with Gasteiger partial charge < -0.3 is 14.2 Å². The largest absolute Gasteiger partial charge is 0.463 e. The van der Waals surface area contributed by atoms with Gasteiger partial charge in [0.15, 0.2) is 0 Å². The number of ether oxygens (including phenoxy) is 3. The van der Waals surface area contributed by atoms with E-state index in [1.165, 1.54) is 60.0 Å². The quantitative estimate of drug-likeness (QED) is 0.0703. The summed E-state index contributed by atoms with van der Waals surface area (Å²) >= 11 is 0. The number of carbonyl (C=O) groups excluding carboxylic acids is 1. The van der Waals surface area contributed by atoms with E-state index in [0.717, 1.165) is 49.6 Å². The highest BCUT2D eigenvalue weighted by atomic mass is 31.2. The van der Waals surface area contributed by atoms with Crippen molar-refractivity contribution < 1.29 is 19.0 Å². The van der Waals surface area contributed by atoms with Gasteiger partial charge in [-0.15, -0.1) is 0 Å². The molecule has 8 rings (SSSR count). The Balaban J connectivity index is 0.881. The maximum absolute atomic E-state index is 14.5. The molecule has 3 aromatic carbocycles. The van der Waals surface area contributed by atoms with E-state index in [9.17, 15) is 4.79 Å². The lowest BCUT2D eigenvalue weighted by Gasteiger charge is -2.73. The van der Waals surface area contributed by atoms with E-state index in [0.29, 0.717) is 67.0 Å². The number of hydrogen-bond acceptors (Lipinski definition) is 4. The topological polar surface area (TPSA) is 44.8 Å². The summed E-state index contributed by atoms with van der Waals surface area (Å²) in [4.78, 5) is 14.5. The fourth-order valence-electron chi connectivity index (χ4n) is 15.4. The van der Waals surface area contributed by atoms with Crippen LogP contribution in [0.25, 0.3) is 0 Å². The van der Waals surface area contributed by atoms with E-state index >= 15 is 0 Å². The smallest absolute Gasteiger partial charge is 0.312 e. The van der Waals surface area contributed by atoms with Crippen LogP contribution in [0.4, 0.5) is 0 Å². The lowest BCUT2D eigenvalue weighted by molar-refractivity contribution is -0.243. The van der Waals surface area contributed by atoms with Crippen LogP contribution in [0.3, 0.4) is 0 Å². The van der Waals surface area contributed by atoms with Gasteiger partial charge in [-0.2, -0.15) is 0 Å². The van der Waals surface area contributed by atoms with Crippen LogP contribution >= 0.6 is 7.26 Å². The van der Waals surface area contributed by atoms with Crippen molar-refractivity contribution in [3.05, 3.63) is 103 Å². The molecular formula is C55H76O4P+. The Bertz CT molecular complexity index is 1850. The Labute approximate surface area is 364 Å². The highest BCUT2D eigenvalue weighted by molar-refractivity contribution is 7.95. The van der Waals surface area contributed by atoms with Gasteiger partial charge in [0.2, 0.25) is 0 Å². The lowest BCUT2D eigenvalue weighted by Crippen LogP contribution is -2.66. The van der Waals surface area contributed by atoms with Gasteiger partial charge in [-0.3, -0.25) is 4.79 Å². The molecule has 0 unspecified atom stereocenters. The summed E-state index contributed by atoms with van der Waals surface area (Å²) in [6, 6.07) is 32.9. The first-order valence-electron chi connectivity index (χ1n) is 23.8. The van der Waals surface area contributed by atoms with Crippen molar-refractivity contribution in [2.75, 3.05) is 39.2 Å². The van der Waals surface area contributed by atoms with Crippen LogP contribution in [-0.2, 0) is 19.0 Å². The molecule has 0 heterocycles. The van der Waals surface area contributed by atoms with Crippen molar-refractivity contribution in [3.8, 4) is 0 Å². The molecule has 0 aromatic heterocycles. The normalized spacial score (nSPS) is 35.6. The number of carbonyl (C=O) groups is 1. The van der Waals surface area contributed by atoms with Crippen molar-refractivity contribution >= 4 is 29.1 Å². The summed E-state index contributed by atoms with van der Waals surface area (Å²) in [7, 11) is -1.93. The zero-order valence-electron chi connectivity index (χ0n) is 38.2. The van der Waals surface area contributed by atoms with Crippen LogP contribution in [0.5, 0.6) is 0 Å². The maximum Gasteiger partial charge on any atom is 0.312 e. The summed E-state index contributed by atoms with van der Waals surface area (Å²) in [5, 5.41) is 4.10. The number of allylic oxidation sites excluding steroid dienone is 1. The van der Waals surface area contributed by atoms with Crippen LogP contribution in [0.1, 0.15) is 113 Å². The fourth-order valence-corrected chi connectivity index (χ4v) is 19.5. The standard InChI is InChI=1S/C55H76O4P/c1-40(2)45-27-31-55(33-32-53(7)46(49(45)55)24-25-48-52(6)29-26-41(3)51(4,5)47(52)28-30-54(48,53)8)50(56)59-37-36-57-34-35-58-38-39-60(42-18-12-9-13-19-42,43-20-14-10-15-21-43)44-22-16-11-17-23-44/h9-23,41,45-49H,1,24-39H2,2-8H3/q+1/t41-,45-,46+,47-,48+,49+,52-,53+,54+,55-/m0/s1. The summed E-state index contributed by atoms with van der Waals surface area (Å²) in [6.07, 6.45) is 13.0. The maximum atomic E-state index is 14.5. The first-order chi connectivity index (χ1) is 28.8. The molecule has 0 aliphatic heterocycles. The molecule has 0 saturated heterocycles. The Morgan fingerprint density at radius 1 is 0.633 bits per heavy atom. The molecule has 5 aliphatic carbocycles. The molecule has 0 bridgehead atoms. The third-order valence-corrected chi connectivity index (χ3v) is 23.4. The number of benzene rings is 3. The third-order valence-electron chi connectivity index (χ3n) is 19.0. The summed E-state index contributed by atoms with van der Waals surface area (Å²) in [5.41, 5.74) is 2.17. The van der Waals surface area contributed by atoms with Gasteiger partial charge in [-0.25, -0.2) is 0 Å². The Morgan fingerprint density at radius 2 is 1.20 bits per heavy atom. The minimum absolute atomic E-state index is 0.0344. The minimum Gasteiger partial charge on any atom is -0.463 e. The average molecular weight is 832 g/mol. The number of esters is 1. The predicted octanol–water partition coefficient (Wildman–Crippen LogP) is 11.9. The fraction of sp³-hybridized carbons (Fsp3) is 0.618. The lowest BCUT2D eigenvalue weighted by atomic mass is 9.32. The van der Waals surface area contributed by atoms with Gasteiger partial charge in [0.25, 0.3) is 0 Å². The molecule has 0 radical (unpaired) electrons. The van der Waals surface area contributed by atoms with Crippen LogP contribution in [-0.4, -0.2) is 45.2 Å². The number of hydrogen-bond donors (Lipinski definition) is 0. The zero-order chi connectivity index (χ0) is 42.4. The van der Waals surface area contributed by atoms with Crippen molar-refractivity contribution in [2.24, 2.45) is 62.6 Å². The van der Waals surface area contributed by atoms with Crippen LogP contribution < -0.4 is 15.9 Å². The second kappa shape index (κ2) is 17.1. The molecule has 324 valence electrons. The van der Waals surface area contributed by atoms with Crippen molar-refractivity contribution in [3.63, 3.8) is 0 Å². The van der Waals surface area contributed by atoms with E-state index in [1.807, 2.05) is 0 Å². The first-order valence-corrected chi connectivity index (χ1v) is 25.8. The van der Waals surface area contributed by atoms with E-state index < -0.39 is 12.7 Å². The molecule has 5 heteroatoms. The molecule has 60 heavy (non-hydrogen) atoms. The summed E-state index contributed by atoms with van der Waals surface area (Å²) in [5.74, 6) is 3.62. The van der Waals surface area contributed by atoms with Gasteiger partial charge in [0.1, 0.15) is 29.8 Å². The van der Waals surface area contributed by atoms with Crippen molar-refractivity contribution in [1.82, 2.24) is 0 Å². The van der Waals surface area contributed by atoms with E-state index in [-0.39, 0.29) is 11.4 Å². The minimum atomic E-state index is -1.93. The number of fused-ring (bicyclic) bond motifs is 7. The first kappa shape index (κ1) is 43.9. The SMILES string of the molecule is C=C(C)[C@@H]1CC[C@]2(C(=O)OCCOCCOCC[P+](c3ccccc3)(c3ccccc3)c3ccccc3)CC[C@]3(C)[C@H](CC[C@@H]4[C@@]5(C)CC[C@H](C)C(C)(C)[C@@H]5CC[C@]43C)[C@@H]12. The molecule has 0 N–H and O–H groups in total. The molecule has 3 aromatic rings. The second-order valence-corrected chi connectivity index (χ2v) is 25.1. The highest BCUT2D eigenvalue weighted by Crippen LogP contribution is 2.78. The second-order valence-electron chi connectivity index (χ2n) is 21.5. The molecule has 10 atom stereocenters. The van der Waals surface area contributed by atoms with Gasteiger partial charge >= 0.3 is 5.97 Å². The predicted molar refractivity (Wildman–Crippen MR) is 251 cm³/mol. The molecule has 0 amide bonds. The van der Waals surface area contributed by atoms with Crippen LogP contribution in [0.15, 0.2) is 103 Å². The number of rotatable bonds is 14. The zero-order valence-corrected chi connectivity index (χ0v) is 39.1. The van der Waals surface area contributed by atoms with E-state index in [2.05, 4.69) is 146 Å². The van der Waals surface area contributed by atoms with Crippen LogP contribution in [0, 0.1) is 62.6 Å². The van der Waals surface area contributed by atoms with Crippen molar-refractivity contribution in [1.29, 1.82) is 0 Å². The molecular weight excluding hydrogens is 756 g/mol. The van der Waals surface area contributed by atoms with Gasteiger partial charge in [0.05, 0.1) is 38.0 Å². The molecule has 4 nitrogen and oxygen atoms in total. The highest BCUT2D eigenvalue weighted by Gasteiger charge is 2.72. The molecule has 5 saturated carbocycles. The Hall–Kier alpha value is -2.78. The molecule has 5 fully saturated rings. The van der Waals surface area contributed by atoms with Gasteiger partial charge in [-0.1, -0.05) is 108 Å².